The number of carbonyl (C=O) groups is 1. The number of hydrogen-bond donors (Lipinski definition) is 1. The molecule has 1 heterocycles. The SMILES string of the molecule is CN(Cc1ccsc1)C(=O)NC1CCCC1. The van der Waals surface area contributed by atoms with Gasteiger partial charge >= 0.3 is 6.03 Å². The highest BCUT2D eigenvalue weighted by Gasteiger charge is 2.18. The Bertz CT molecular complexity index is 331. The second-order valence-corrected chi connectivity index (χ2v) is 5.20. The van der Waals surface area contributed by atoms with E-state index in [9.17, 15) is 4.79 Å². The van der Waals surface area contributed by atoms with E-state index in [0.29, 0.717) is 12.6 Å². The zero-order valence-electron chi connectivity index (χ0n) is 9.61. The van der Waals surface area contributed by atoms with Crippen LogP contribution in [0.2, 0.25) is 0 Å². The van der Waals surface area contributed by atoms with Crippen molar-refractivity contribution < 1.29 is 4.79 Å². The molecule has 0 unspecified atom stereocenters. The minimum absolute atomic E-state index is 0.0538. The van der Waals surface area contributed by atoms with Gasteiger partial charge in [-0.05, 0) is 35.2 Å². The summed E-state index contributed by atoms with van der Waals surface area (Å²) >= 11 is 1.67. The molecule has 4 heteroatoms. The number of hydrogen-bond acceptors (Lipinski definition) is 2. The first kappa shape index (κ1) is 11.5. The predicted octanol–water partition coefficient (Wildman–Crippen LogP) is 2.83. The first-order valence-electron chi connectivity index (χ1n) is 5.78. The van der Waals surface area contributed by atoms with E-state index < -0.39 is 0 Å². The third kappa shape index (κ3) is 2.98. The maximum atomic E-state index is 11.8. The average Bonchev–Trinajstić information content (AvgIpc) is 2.90. The summed E-state index contributed by atoms with van der Waals surface area (Å²) in [5.74, 6) is 0. The van der Waals surface area contributed by atoms with Gasteiger partial charge in [0.05, 0.1) is 0 Å². The molecule has 2 amide bonds. The van der Waals surface area contributed by atoms with E-state index >= 15 is 0 Å². The second kappa shape index (κ2) is 5.34. The zero-order chi connectivity index (χ0) is 11.4. The van der Waals surface area contributed by atoms with Gasteiger partial charge in [0.1, 0.15) is 0 Å². The summed E-state index contributed by atoms with van der Waals surface area (Å²) in [5.41, 5.74) is 1.20. The summed E-state index contributed by atoms with van der Waals surface area (Å²) in [5, 5.41) is 7.20. The number of nitrogens with one attached hydrogen (secondary N) is 1. The molecule has 1 aromatic rings. The van der Waals surface area contributed by atoms with Crippen molar-refractivity contribution in [2.45, 2.75) is 38.3 Å². The molecular weight excluding hydrogens is 220 g/mol. The first-order chi connectivity index (χ1) is 7.75. The monoisotopic (exact) mass is 238 g/mol. The lowest BCUT2D eigenvalue weighted by Crippen LogP contribution is -2.41. The van der Waals surface area contributed by atoms with E-state index in [4.69, 9.17) is 0 Å². The fourth-order valence-electron chi connectivity index (χ4n) is 2.08. The van der Waals surface area contributed by atoms with Gasteiger partial charge in [0.25, 0.3) is 0 Å². The van der Waals surface area contributed by atoms with Gasteiger partial charge in [-0.1, -0.05) is 12.8 Å². The van der Waals surface area contributed by atoms with Crippen LogP contribution in [-0.4, -0.2) is 24.0 Å². The minimum Gasteiger partial charge on any atom is -0.335 e. The average molecular weight is 238 g/mol. The van der Waals surface area contributed by atoms with Crippen molar-refractivity contribution in [1.82, 2.24) is 10.2 Å². The molecule has 1 saturated carbocycles. The largest absolute Gasteiger partial charge is 0.335 e. The Balaban J connectivity index is 1.79. The van der Waals surface area contributed by atoms with Crippen molar-refractivity contribution in [2.75, 3.05) is 7.05 Å². The lowest BCUT2D eigenvalue weighted by Gasteiger charge is -2.20. The van der Waals surface area contributed by atoms with Gasteiger partial charge < -0.3 is 10.2 Å². The van der Waals surface area contributed by atoms with Crippen LogP contribution < -0.4 is 5.32 Å². The highest BCUT2D eigenvalue weighted by atomic mass is 32.1. The van der Waals surface area contributed by atoms with Crippen molar-refractivity contribution in [1.29, 1.82) is 0 Å². The number of amides is 2. The van der Waals surface area contributed by atoms with Crippen molar-refractivity contribution >= 4 is 17.4 Å². The quantitative estimate of drug-likeness (QED) is 0.863. The summed E-state index contributed by atoms with van der Waals surface area (Å²) in [6.07, 6.45) is 4.77. The third-order valence-corrected chi connectivity index (χ3v) is 3.76. The minimum atomic E-state index is 0.0538. The fraction of sp³-hybridized carbons (Fsp3) is 0.583. The maximum absolute atomic E-state index is 11.8. The van der Waals surface area contributed by atoms with Crippen molar-refractivity contribution in [3.63, 3.8) is 0 Å². The van der Waals surface area contributed by atoms with E-state index in [1.807, 2.05) is 12.4 Å². The molecule has 0 atom stereocenters. The smallest absolute Gasteiger partial charge is 0.317 e. The van der Waals surface area contributed by atoms with E-state index in [2.05, 4.69) is 16.8 Å². The van der Waals surface area contributed by atoms with Crippen molar-refractivity contribution in [2.24, 2.45) is 0 Å². The molecule has 1 N–H and O–H groups in total. The van der Waals surface area contributed by atoms with E-state index in [-0.39, 0.29) is 6.03 Å². The highest BCUT2D eigenvalue weighted by molar-refractivity contribution is 7.07. The summed E-state index contributed by atoms with van der Waals surface area (Å²) in [6, 6.07) is 2.51. The molecular formula is C12H18N2OS. The third-order valence-electron chi connectivity index (χ3n) is 3.03. The molecule has 88 valence electrons. The Kier molecular flexibility index (Phi) is 3.83. The van der Waals surface area contributed by atoms with Crippen LogP contribution in [0.5, 0.6) is 0 Å². The summed E-state index contributed by atoms with van der Waals surface area (Å²) < 4.78 is 0. The molecule has 0 radical (unpaired) electrons. The highest BCUT2D eigenvalue weighted by Crippen LogP contribution is 2.18. The Morgan fingerprint density at radius 1 is 1.56 bits per heavy atom. The topological polar surface area (TPSA) is 32.3 Å². The summed E-state index contributed by atoms with van der Waals surface area (Å²) in [6.45, 7) is 0.696. The van der Waals surface area contributed by atoms with Crippen molar-refractivity contribution in [3.8, 4) is 0 Å². The van der Waals surface area contributed by atoms with Crippen LogP contribution in [0.15, 0.2) is 16.8 Å². The molecule has 1 aliphatic rings. The maximum Gasteiger partial charge on any atom is 0.317 e. The Labute approximate surface area is 100 Å². The Hall–Kier alpha value is -1.03. The molecule has 1 fully saturated rings. The van der Waals surface area contributed by atoms with E-state index in [0.717, 1.165) is 12.8 Å². The van der Waals surface area contributed by atoms with Gasteiger partial charge in [-0.15, -0.1) is 0 Å². The van der Waals surface area contributed by atoms with E-state index in [1.54, 1.807) is 16.2 Å². The van der Waals surface area contributed by atoms with Crippen molar-refractivity contribution in [3.05, 3.63) is 22.4 Å². The first-order valence-corrected chi connectivity index (χ1v) is 6.72. The molecule has 0 spiro atoms. The Morgan fingerprint density at radius 2 is 2.31 bits per heavy atom. The van der Waals surface area contributed by atoms with Crippen LogP contribution in [0, 0.1) is 0 Å². The lowest BCUT2D eigenvalue weighted by atomic mass is 10.2. The van der Waals surface area contributed by atoms with Gasteiger partial charge in [0.2, 0.25) is 0 Å². The summed E-state index contributed by atoms with van der Waals surface area (Å²) in [4.78, 5) is 13.6. The molecule has 1 aliphatic carbocycles. The molecule has 16 heavy (non-hydrogen) atoms. The van der Waals surface area contributed by atoms with Crippen LogP contribution >= 0.6 is 11.3 Å². The number of carbonyl (C=O) groups excluding carboxylic acids is 1. The van der Waals surface area contributed by atoms with Crippen LogP contribution in [0.25, 0.3) is 0 Å². The van der Waals surface area contributed by atoms with Gasteiger partial charge in [-0.25, -0.2) is 4.79 Å². The van der Waals surface area contributed by atoms with Gasteiger partial charge in [-0.2, -0.15) is 11.3 Å². The number of rotatable bonds is 3. The normalized spacial score (nSPS) is 16.3. The van der Waals surface area contributed by atoms with Crippen LogP contribution in [0.1, 0.15) is 31.2 Å². The van der Waals surface area contributed by atoms with Crippen LogP contribution in [0.3, 0.4) is 0 Å². The molecule has 0 aliphatic heterocycles. The number of nitrogens with zero attached hydrogens (tertiary/aromatic N) is 1. The Morgan fingerprint density at radius 3 is 2.94 bits per heavy atom. The standard InChI is InChI=1S/C12H18N2OS/c1-14(8-10-6-7-16-9-10)12(15)13-11-4-2-3-5-11/h6-7,9,11H,2-5,8H2,1H3,(H,13,15). The summed E-state index contributed by atoms with van der Waals surface area (Å²) in [7, 11) is 1.85. The van der Waals surface area contributed by atoms with Gasteiger partial charge in [0.15, 0.2) is 0 Å². The number of thiophene rings is 1. The van der Waals surface area contributed by atoms with E-state index in [1.165, 1.54) is 18.4 Å². The molecule has 2 rings (SSSR count). The molecule has 0 aromatic carbocycles. The lowest BCUT2D eigenvalue weighted by molar-refractivity contribution is 0.203. The molecule has 0 bridgehead atoms. The van der Waals surface area contributed by atoms with Crippen LogP contribution in [-0.2, 0) is 6.54 Å². The molecule has 3 nitrogen and oxygen atoms in total. The molecule has 0 saturated heterocycles. The predicted molar refractivity (Wildman–Crippen MR) is 66.6 cm³/mol. The molecule has 1 aromatic heterocycles. The van der Waals surface area contributed by atoms with Crippen LogP contribution in [0.4, 0.5) is 4.79 Å². The fourth-order valence-corrected chi connectivity index (χ4v) is 2.74. The van der Waals surface area contributed by atoms with Gasteiger partial charge in [-0.3, -0.25) is 0 Å². The second-order valence-electron chi connectivity index (χ2n) is 4.42. The van der Waals surface area contributed by atoms with Gasteiger partial charge in [0, 0.05) is 19.6 Å². The number of urea groups is 1. The zero-order valence-corrected chi connectivity index (χ0v) is 10.4.